The molecule has 3 aromatic rings. The molecule has 0 saturated heterocycles. The summed E-state index contributed by atoms with van der Waals surface area (Å²) in [6.45, 7) is 6.90. The summed E-state index contributed by atoms with van der Waals surface area (Å²) in [6.07, 6.45) is 5.41. The molecule has 2 aromatic carbocycles. The van der Waals surface area contributed by atoms with Crippen LogP contribution in [-0.2, 0) is 5.44 Å². The van der Waals surface area contributed by atoms with Gasteiger partial charge in [0.1, 0.15) is 19.7 Å². The zero-order chi connectivity index (χ0) is 27.2. The Morgan fingerprint density at radius 1 is 1.24 bits per heavy atom. The monoisotopic (exact) mass is 549 g/mol. The molecule has 1 aromatic heterocycles. The van der Waals surface area contributed by atoms with Crippen molar-refractivity contribution in [2.24, 2.45) is 5.41 Å². The standard InChI is InChI=1S/C27H27BCl2FN7/c1-26(2,3)14-34-24-15(11-32)12-33-25-18(24)9-16(10-20(25)30)35-27(28,23-19(29)5-4-6-21(23)31)22-13-38(37-36-22)17-7-8-17/h4-6,9-10,12-13,17,35-37H,7-8,14H2,1-3H3,(H,33,34). The number of benzene rings is 2. The molecule has 1 aliphatic carbocycles. The van der Waals surface area contributed by atoms with Crippen molar-refractivity contribution in [1.82, 2.24) is 21.0 Å². The molecule has 1 unspecified atom stereocenters. The lowest BCUT2D eigenvalue weighted by atomic mass is 9.69. The number of nitrogens with zero attached hydrogens (tertiary/aromatic N) is 3. The number of rotatable bonds is 7. The summed E-state index contributed by atoms with van der Waals surface area (Å²) < 4.78 is 15.3. The average Bonchev–Trinajstić information content (AvgIpc) is 3.57. The minimum Gasteiger partial charge on any atom is -0.383 e. The van der Waals surface area contributed by atoms with Gasteiger partial charge in [0, 0.05) is 46.6 Å². The van der Waals surface area contributed by atoms with Gasteiger partial charge in [0.2, 0.25) is 0 Å². The van der Waals surface area contributed by atoms with E-state index in [1.807, 2.05) is 11.2 Å². The molecule has 1 fully saturated rings. The average molecular weight is 550 g/mol. The first-order valence-electron chi connectivity index (χ1n) is 12.3. The second-order valence-electron chi connectivity index (χ2n) is 10.9. The summed E-state index contributed by atoms with van der Waals surface area (Å²) in [4.78, 5) is 4.42. The van der Waals surface area contributed by atoms with Gasteiger partial charge in [-0.15, -0.1) is 5.53 Å². The van der Waals surface area contributed by atoms with Crippen LogP contribution in [0.25, 0.3) is 10.9 Å². The van der Waals surface area contributed by atoms with Gasteiger partial charge in [-0.3, -0.25) is 9.99 Å². The number of fused-ring (bicyclic) bond motifs is 1. The second kappa shape index (κ2) is 9.85. The van der Waals surface area contributed by atoms with Gasteiger partial charge < -0.3 is 16.1 Å². The van der Waals surface area contributed by atoms with Crippen LogP contribution in [-0.4, -0.2) is 30.4 Å². The van der Waals surface area contributed by atoms with Crippen LogP contribution in [0.3, 0.4) is 0 Å². The number of aromatic nitrogens is 1. The van der Waals surface area contributed by atoms with Gasteiger partial charge in [-0.05, 0) is 42.5 Å². The predicted octanol–water partition coefficient (Wildman–Crippen LogP) is 5.77. The van der Waals surface area contributed by atoms with Crippen LogP contribution in [0, 0.1) is 22.6 Å². The summed E-state index contributed by atoms with van der Waals surface area (Å²) in [5.41, 5.74) is 7.09. The molecule has 4 N–H and O–H groups in total. The normalized spacial score (nSPS) is 17.0. The van der Waals surface area contributed by atoms with Crippen LogP contribution >= 0.6 is 23.2 Å². The quantitative estimate of drug-likeness (QED) is 0.278. The summed E-state index contributed by atoms with van der Waals surface area (Å²) in [7, 11) is 6.99. The highest BCUT2D eigenvalue weighted by molar-refractivity contribution is 6.36. The number of hydrogen-bond donors (Lipinski definition) is 4. The molecule has 1 aliphatic heterocycles. The first kappa shape index (κ1) is 26.4. The van der Waals surface area contributed by atoms with Crippen molar-refractivity contribution in [3.63, 3.8) is 0 Å². The third-order valence-corrected chi connectivity index (χ3v) is 7.10. The Balaban J connectivity index is 1.64. The number of anilines is 2. The number of nitrogens with one attached hydrogen (secondary N) is 4. The molecule has 1 saturated carbocycles. The van der Waals surface area contributed by atoms with Gasteiger partial charge in [0.25, 0.3) is 0 Å². The molecule has 2 aliphatic rings. The summed E-state index contributed by atoms with van der Waals surface area (Å²) in [6, 6.07) is 10.5. The van der Waals surface area contributed by atoms with Crippen molar-refractivity contribution in [1.29, 1.82) is 5.26 Å². The van der Waals surface area contributed by atoms with Crippen molar-refractivity contribution in [3.05, 3.63) is 75.4 Å². The van der Waals surface area contributed by atoms with Crippen molar-refractivity contribution in [2.75, 3.05) is 17.2 Å². The van der Waals surface area contributed by atoms with E-state index in [1.54, 1.807) is 18.2 Å². The van der Waals surface area contributed by atoms with E-state index in [-0.39, 0.29) is 16.0 Å². The van der Waals surface area contributed by atoms with Crippen LogP contribution in [0.1, 0.15) is 44.7 Å². The highest BCUT2D eigenvalue weighted by Crippen LogP contribution is 2.40. The third kappa shape index (κ3) is 5.09. The molecule has 194 valence electrons. The van der Waals surface area contributed by atoms with Gasteiger partial charge >= 0.3 is 0 Å². The lowest BCUT2D eigenvalue weighted by Gasteiger charge is -2.35. The third-order valence-electron chi connectivity index (χ3n) is 6.49. The number of hydrogen-bond acceptors (Lipinski definition) is 7. The zero-order valence-electron chi connectivity index (χ0n) is 21.3. The van der Waals surface area contributed by atoms with E-state index in [0.29, 0.717) is 51.1 Å². The molecule has 0 spiro atoms. The summed E-state index contributed by atoms with van der Waals surface area (Å²) in [5.74, 6) is -0.562. The van der Waals surface area contributed by atoms with Crippen LogP contribution < -0.4 is 21.6 Å². The fourth-order valence-corrected chi connectivity index (χ4v) is 4.99. The van der Waals surface area contributed by atoms with Gasteiger partial charge in [-0.25, -0.2) is 4.39 Å². The molecule has 0 amide bonds. The first-order valence-corrected chi connectivity index (χ1v) is 13.1. The molecule has 1 atom stereocenters. The number of nitriles is 1. The largest absolute Gasteiger partial charge is 0.383 e. The Labute approximate surface area is 232 Å². The molecule has 11 heteroatoms. The van der Waals surface area contributed by atoms with Crippen molar-refractivity contribution < 1.29 is 4.39 Å². The lowest BCUT2D eigenvalue weighted by Crippen LogP contribution is -2.46. The van der Waals surface area contributed by atoms with E-state index in [9.17, 15) is 5.26 Å². The fraction of sp³-hybridized carbons (Fsp3) is 0.333. The Morgan fingerprint density at radius 3 is 2.66 bits per heavy atom. The maximum Gasteiger partial charge on any atom is 0.129 e. The van der Waals surface area contributed by atoms with E-state index in [0.717, 1.165) is 12.8 Å². The van der Waals surface area contributed by atoms with E-state index < -0.39 is 11.3 Å². The van der Waals surface area contributed by atoms with Gasteiger partial charge in [-0.1, -0.05) is 50.0 Å². The highest BCUT2D eigenvalue weighted by atomic mass is 35.5. The molecular weight excluding hydrogens is 523 g/mol. The van der Waals surface area contributed by atoms with E-state index in [1.165, 1.54) is 18.3 Å². The SMILES string of the molecule is [B]C(Nc1cc(Cl)c2ncc(C#N)c(NCC(C)(C)C)c2c1)(C1=CN(C2CC2)NN1)c1c(F)cccc1Cl. The number of halogens is 3. The zero-order valence-corrected chi connectivity index (χ0v) is 22.8. The second-order valence-corrected chi connectivity index (χ2v) is 11.7. The van der Waals surface area contributed by atoms with E-state index in [4.69, 9.17) is 31.0 Å². The molecule has 7 nitrogen and oxygen atoms in total. The van der Waals surface area contributed by atoms with E-state index in [2.05, 4.69) is 53.4 Å². The van der Waals surface area contributed by atoms with Crippen molar-refractivity contribution in [3.8, 4) is 6.07 Å². The molecule has 2 heterocycles. The molecule has 2 radical (unpaired) electrons. The Morgan fingerprint density at radius 2 is 2.00 bits per heavy atom. The minimum atomic E-state index is -1.60. The minimum absolute atomic E-state index is 0.0446. The van der Waals surface area contributed by atoms with Crippen molar-refractivity contribution in [2.45, 2.75) is 45.1 Å². The Bertz CT molecular complexity index is 1460. The molecular formula is C27H27BCl2FN7. The van der Waals surface area contributed by atoms with Gasteiger partial charge in [0.05, 0.1) is 32.9 Å². The Hall–Kier alpha value is -3.19. The van der Waals surface area contributed by atoms with Crippen LogP contribution in [0.5, 0.6) is 0 Å². The molecule has 0 bridgehead atoms. The summed E-state index contributed by atoms with van der Waals surface area (Å²) in [5, 5.41) is 19.5. The lowest BCUT2D eigenvalue weighted by molar-refractivity contribution is 0.260. The number of hydrazine groups is 2. The molecule has 5 rings (SSSR count). The van der Waals surface area contributed by atoms with E-state index >= 15 is 4.39 Å². The van der Waals surface area contributed by atoms with Crippen LogP contribution in [0.4, 0.5) is 15.8 Å². The summed E-state index contributed by atoms with van der Waals surface area (Å²) >= 11 is 13.2. The van der Waals surface area contributed by atoms with Crippen molar-refractivity contribution >= 4 is 53.3 Å². The molecule has 38 heavy (non-hydrogen) atoms. The number of pyridine rings is 1. The van der Waals surface area contributed by atoms with Crippen LogP contribution in [0.2, 0.25) is 10.0 Å². The maximum absolute atomic E-state index is 15.3. The topological polar surface area (TPSA) is 88.0 Å². The highest BCUT2D eigenvalue weighted by Gasteiger charge is 2.40. The first-order chi connectivity index (χ1) is 18.0. The van der Waals surface area contributed by atoms with Crippen LogP contribution in [0.15, 0.2) is 48.4 Å². The Kier molecular flexibility index (Phi) is 6.85. The fourth-order valence-electron chi connectivity index (χ4n) is 4.41. The maximum atomic E-state index is 15.3. The van der Waals surface area contributed by atoms with Gasteiger partial charge in [0.15, 0.2) is 0 Å². The predicted molar refractivity (Wildman–Crippen MR) is 151 cm³/mol. The van der Waals surface area contributed by atoms with Gasteiger partial charge in [-0.2, -0.15) is 5.26 Å². The smallest absolute Gasteiger partial charge is 0.129 e.